The van der Waals surface area contributed by atoms with E-state index in [2.05, 4.69) is 79.1 Å². The molecule has 0 aliphatic heterocycles. The molecule has 0 aliphatic carbocycles. The van der Waals surface area contributed by atoms with Crippen LogP contribution in [-0.4, -0.2) is 4.98 Å². The van der Waals surface area contributed by atoms with Crippen molar-refractivity contribution in [1.29, 1.82) is 0 Å². The number of nitrogens with zero attached hydrogens (tertiary/aromatic N) is 2. The molecule has 3 heteroatoms. The van der Waals surface area contributed by atoms with Crippen LogP contribution in [0.25, 0.3) is 44.1 Å². The van der Waals surface area contributed by atoms with E-state index in [9.17, 15) is 0 Å². The monoisotopic (exact) mass is 339 g/mol. The molecule has 126 valence electrons. The van der Waals surface area contributed by atoms with Gasteiger partial charge >= 0.3 is 0 Å². The standard InChI is InChI=1S/C23H19N2O/c1-14-10-11-19(25(3)13-14)20-15(2)16-7-4-5-8-17(16)21-18-9-6-12-24-23(18)26-22(20)21/h4-13H,1-3H3/q+1. The number of aryl methyl sites for hydroxylation is 3. The van der Waals surface area contributed by atoms with Crippen LogP contribution in [0.2, 0.25) is 0 Å². The van der Waals surface area contributed by atoms with Gasteiger partial charge in [-0.3, -0.25) is 0 Å². The fourth-order valence-electron chi connectivity index (χ4n) is 4.02. The minimum absolute atomic E-state index is 0.689. The molecule has 26 heavy (non-hydrogen) atoms. The number of fused-ring (bicyclic) bond motifs is 5. The molecule has 0 saturated heterocycles. The average molecular weight is 339 g/mol. The van der Waals surface area contributed by atoms with E-state index in [0.717, 1.165) is 27.6 Å². The quantitative estimate of drug-likeness (QED) is 0.391. The summed E-state index contributed by atoms with van der Waals surface area (Å²) in [4.78, 5) is 4.45. The smallest absolute Gasteiger partial charge is 0.227 e. The molecule has 0 spiro atoms. The van der Waals surface area contributed by atoms with Gasteiger partial charge in [0.05, 0.1) is 5.56 Å². The summed E-state index contributed by atoms with van der Waals surface area (Å²) in [7, 11) is 2.09. The number of hydrogen-bond donors (Lipinski definition) is 0. The summed E-state index contributed by atoms with van der Waals surface area (Å²) in [6.45, 7) is 4.29. The highest BCUT2D eigenvalue weighted by Gasteiger charge is 2.23. The van der Waals surface area contributed by atoms with Crippen molar-refractivity contribution in [3.05, 3.63) is 72.1 Å². The molecule has 0 aliphatic rings. The molecule has 3 nitrogen and oxygen atoms in total. The number of rotatable bonds is 1. The zero-order chi connectivity index (χ0) is 17.8. The third kappa shape index (κ3) is 2.00. The van der Waals surface area contributed by atoms with Crippen molar-refractivity contribution in [3.8, 4) is 11.3 Å². The lowest BCUT2D eigenvalue weighted by atomic mass is 9.93. The van der Waals surface area contributed by atoms with Crippen molar-refractivity contribution in [2.45, 2.75) is 13.8 Å². The van der Waals surface area contributed by atoms with E-state index < -0.39 is 0 Å². The molecular formula is C23H19N2O+. The van der Waals surface area contributed by atoms with Crippen LogP contribution in [-0.2, 0) is 7.05 Å². The van der Waals surface area contributed by atoms with Gasteiger partial charge in [-0.2, -0.15) is 0 Å². The lowest BCUT2D eigenvalue weighted by molar-refractivity contribution is -0.660. The van der Waals surface area contributed by atoms with E-state index >= 15 is 0 Å². The summed E-state index contributed by atoms with van der Waals surface area (Å²) in [5.74, 6) is 0. The Labute approximate surface area is 151 Å². The lowest BCUT2D eigenvalue weighted by Gasteiger charge is -2.10. The molecule has 5 rings (SSSR count). The van der Waals surface area contributed by atoms with E-state index in [-0.39, 0.29) is 0 Å². The molecule has 2 aromatic carbocycles. The number of hydrogen-bond acceptors (Lipinski definition) is 2. The first-order valence-electron chi connectivity index (χ1n) is 8.80. The first-order valence-corrected chi connectivity index (χ1v) is 8.80. The topological polar surface area (TPSA) is 29.9 Å². The van der Waals surface area contributed by atoms with Gasteiger partial charge < -0.3 is 4.42 Å². The van der Waals surface area contributed by atoms with Crippen molar-refractivity contribution < 1.29 is 8.98 Å². The molecule has 0 unspecified atom stereocenters. The van der Waals surface area contributed by atoms with Crippen molar-refractivity contribution in [3.63, 3.8) is 0 Å². The Morgan fingerprint density at radius 3 is 2.46 bits per heavy atom. The summed E-state index contributed by atoms with van der Waals surface area (Å²) < 4.78 is 8.46. The van der Waals surface area contributed by atoms with Gasteiger partial charge in [-0.25, -0.2) is 9.55 Å². The number of furan rings is 1. The van der Waals surface area contributed by atoms with Crippen molar-refractivity contribution in [2.75, 3.05) is 0 Å². The van der Waals surface area contributed by atoms with E-state index in [1.807, 2.05) is 6.07 Å². The van der Waals surface area contributed by atoms with Gasteiger partial charge in [-0.15, -0.1) is 0 Å². The van der Waals surface area contributed by atoms with Gasteiger partial charge in [0.25, 0.3) is 0 Å². The number of aromatic nitrogens is 2. The average Bonchev–Trinajstić information content (AvgIpc) is 3.03. The second-order valence-electron chi connectivity index (χ2n) is 6.91. The maximum absolute atomic E-state index is 6.29. The van der Waals surface area contributed by atoms with Gasteiger partial charge in [-0.05, 0) is 48.4 Å². The molecule has 0 amide bonds. The maximum Gasteiger partial charge on any atom is 0.227 e. The largest absolute Gasteiger partial charge is 0.437 e. The Balaban J connectivity index is 2.07. The molecule has 0 radical (unpaired) electrons. The fraction of sp³-hybridized carbons (Fsp3) is 0.130. The minimum atomic E-state index is 0.689. The lowest BCUT2D eigenvalue weighted by Crippen LogP contribution is -2.31. The highest BCUT2D eigenvalue weighted by molar-refractivity contribution is 6.22. The van der Waals surface area contributed by atoms with Crippen LogP contribution >= 0.6 is 0 Å². The van der Waals surface area contributed by atoms with Gasteiger partial charge in [0.1, 0.15) is 7.05 Å². The fourth-order valence-corrected chi connectivity index (χ4v) is 4.02. The van der Waals surface area contributed by atoms with E-state index in [1.165, 1.54) is 21.9 Å². The molecule has 5 aromatic rings. The molecule has 0 atom stereocenters. The van der Waals surface area contributed by atoms with Crippen molar-refractivity contribution in [2.24, 2.45) is 7.05 Å². The van der Waals surface area contributed by atoms with E-state index in [0.29, 0.717) is 5.71 Å². The zero-order valence-electron chi connectivity index (χ0n) is 15.1. The number of pyridine rings is 2. The Hall–Kier alpha value is -3.20. The minimum Gasteiger partial charge on any atom is -0.437 e. The normalized spacial score (nSPS) is 11.7. The van der Waals surface area contributed by atoms with Gasteiger partial charge in [0.15, 0.2) is 11.8 Å². The Morgan fingerprint density at radius 2 is 1.65 bits per heavy atom. The molecular weight excluding hydrogens is 320 g/mol. The van der Waals surface area contributed by atoms with Gasteiger partial charge in [0.2, 0.25) is 11.4 Å². The summed E-state index contributed by atoms with van der Waals surface area (Å²) >= 11 is 0. The summed E-state index contributed by atoms with van der Waals surface area (Å²) in [5, 5.41) is 4.67. The predicted molar refractivity (Wildman–Crippen MR) is 105 cm³/mol. The highest BCUT2D eigenvalue weighted by atomic mass is 16.3. The molecule has 3 aromatic heterocycles. The first kappa shape index (κ1) is 15.1. The second-order valence-corrected chi connectivity index (χ2v) is 6.91. The van der Waals surface area contributed by atoms with Crippen LogP contribution in [0.1, 0.15) is 11.1 Å². The number of benzene rings is 2. The van der Waals surface area contributed by atoms with Crippen molar-refractivity contribution in [1.82, 2.24) is 4.98 Å². The van der Waals surface area contributed by atoms with E-state index in [1.54, 1.807) is 6.20 Å². The zero-order valence-corrected chi connectivity index (χ0v) is 15.1. The third-order valence-corrected chi connectivity index (χ3v) is 5.21. The van der Waals surface area contributed by atoms with Crippen LogP contribution in [0.3, 0.4) is 0 Å². The molecule has 0 fully saturated rings. The SMILES string of the molecule is Cc1ccc(-c2c(C)c3ccccc3c3c2oc2ncccc23)[n+](C)c1. The van der Waals surface area contributed by atoms with Crippen LogP contribution in [0, 0.1) is 13.8 Å². The Morgan fingerprint density at radius 1 is 0.885 bits per heavy atom. The highest BCUT2D eigenvalue weighted by Crippen LogP contribution is 2.41. The van der Waals surface area contributed by atoms with Crippen LogP contribution in [0.5, 0.6) is 0 Å². The summed E-state index contributed by atoms with van der Waals surface area (Å²) in [5.41, 5.74) is 6.34. The van der Waals surface area contributed by atoms with Crippen LogP contribution in [0.15, 0.2) is 65.3 Å². The molecule has 0 bridgehead atoms. The maximum atomic E-state index is 6.29. The van der Waals surface area contributed by atoms with Crippen molar-refractivity contribution >= 4 is 32.8 Å². The first-order chi connectivity index (χ1) is 12.6. The predicted octanol–water partition coefficient (Wildman–Crippen LogP) is 5.24. The summed E-state index contributed by atoms with van der Waals surface area (Å²) in [6, 6.07) is 16.9. The van der Waals surface area contributed by atoms with Gasteiger partial charge in [-0.1, -0.05) is 24.3 Å². The van der Waals surface area contributed by atoms with Gasteiger partial charge in [0, 0.05) is 28.6 Å². The molecule has 0 N–H and O–H groups in total. The second kappa shape index (κ2) is 5.40. The molecule has 0 saturated carbocycles. The van der Waals surface area contributed by atoms with Crippen LogP contribution < -0.4 is 4.57 Å². The van der Waals surface area contributed by atoms with E-state index in [4.69, 9.17) is 4.42 Å². The molecule has 3 heterocycles. The Kier molecular flexibility index (Phi) is 3.13. The van der Waals surface area contributed by atoms with Crippen LogP contribution in [0.4, 0.5) is 0 Å². The summed E-state index contributed by atoms with van der Waals surface area (Å²) in [6.07, 6.45) is 3.93. The third-order valence-electron chi connectivity index (χ3n) is 5.21. The Bertz CT molecular complexity index is 1310.